The second-order valence-electron chi connectivity index (χ2n) is 9.58. The van der Waals surface area contributed by atoms with Gasteiger partial charge >= 0.3 is 0 Å². The number of hydrogen-bond acceptors (Lipinski definition) is 1. The Hall–Kier alpha value is -0.820. The first-order valence-corrected chi connectivity index (χ1v) is 12.4. The lowest BCUT2D eigenvalue weighted by atomic mass is 9.77. The molecule has 1 unspecified atom stereocenters. The van der Waals surface area contributed by atoms with Crippen molar-refractivity contribution in [3.63, 3.8) is 0 Å². The van der Waals surface area contributed by atoms with Crippen molar-refractivity contribution in [2.75, 3.05) is 0 Å². The van der Waals surface area contributed by atoms with Crippen LogP contribution in [0.2, 0.25) is 0 Å². The third kappa shape index (κ3) is 11.9. The standard InChI is InChI=1S/C27H49N/c1-4-5-6-7-8-9-10-11-12-13-14-15-16-17-21-24-27(2,3)26(28)25-22-19-18-20-23-25/h18-20,22-23,26H,4-17,21,24,28H2,1-3H3. The van der Waals surface area contributed by atoms with Crippen LogP contribution in [0.25, 0.3) is 0 Å². The van der Waals surface area contributed by atoms with Gasteiger partial charge in [-0.25, -0.2) is 0 Å². The highest BCUT2D eigenvalue weighted by atomic mass is 14.7. The molecule has 0 aliphatic carbocycles. The van der Waals surface area contributed by atoms with Crippen molar-refractivity contribution in [1.82, 2.24) is 0 Å². The van der Waals surface area contributed by atoms with Gasteiger partial charge in [0.1, 0.15) is 0 Å². The summed E-state index contributed by atoms with van der Waals surface area (Å²) in [4.78, 5) is 0. The molecule has 0 saturated heterocycles. The lowest BCUT2D eigenvalue weighted by molar-refractivity contribution is 0.255. The van der Waals surface area contributed by atoms with Gasteiger partial charge in [-0.3, -0.25) is 0 Å². The molecular formula is C27H49N. The molecule has 0 spiro atoms. The summed E-state index contributed by atoms with van der Waals surface area (Å²) in [6.07, 6.45) is 22.6. The van der Waals surface area contributed by atoms with Gasteiger partial charge in [-0.2, -0.15) is 0 Å². The van der Waals surface area contributed by atoms with E-state index in [1.165, 1.54) is 108 Å². The van der Waals surface area contributed by atoms with E-state index in [4.69, 9.17) is 5.73 Å². The topological polar surface area (TPSA) is 26.0 Å². The molecular weight excluding hydrogens is 338 g/mol. The van der Waals surface area contributed by atoms with Crippen molar-refractivity contribution < 1.29 is 0 Å². The van der Waals surface area contributed by atoms with E-state index in [1.54, 1.807) is 0 Å². The third-order valence-corrected chi connectivity index (χ3v) is 6.43. The summed E-state index contributed by atoms with van der Waals surface area (Å²) in [5.41, 5.74) is 7.98. The average molecular weight is 388 g/mol. The van der Waals surface area contributed by atoms with Crippen LogP contribution in [0.1, 0.15) is 135 Å². The molecule has 28 heavy (non-hydrogen) atoms. The van der Waals surface area contributed by atoms with Gasteiger partial charge in [0.2, 0.25) is 0 Å². The zero-order valence-corrected chi connectivity index (χ0v) is 19.4. The van der Waals surface area contributed by atoms with E-state index < -0.39 is 0 Å². The third-order valence-electron chi connectivity index (χ3n) is 6.43. The smallest absolute Gasteiger partial charge is 0.0346 e. The molecule has 0 heterocycles. The van der Waals surface area contributed by atoms with Crippen LogP contribution in [0.3, 0.4) is 0 Å². The van der Waals surface area contributed by atoms with Crippen molar-refractivity contribution in [1.29, 1.82) is 0 Å². The Kier molecular flexibility index (Phi) is 14.4. The molecule has 0 saturated carbocycles. The van der Waals surface area contributed by atoms with E-state index in [0.717, 1.165) is 0 Å². The molecule has 1 aromatic carbocycles. The maximum absolute atomic E-state index is 6.53. The fourth-order valence-electron chi connectivity index (χ4n) is 4.22. The molecule has 1 nitrogen and oxygen atoms in total. The number of nitrogens with two attached hydrogens (primary N) is 1. The maximum atomic E-state index is 6.53. The Morgan fingerprint density at radius 2 is 1.04 bits per heavy atom. The second-order valence-corrected chi connectivity index (χ2v) is 9.58. The summed E-state index contributed by atoms with van der Waals surface area (Å²) in [7, 11) is 0. The lowest BCUT2D eigenvalue weighted by Gasteiger charge is -2.32. The van der Waals surface area contributed by atoms with Gasteiger partial charge in [0.15, 0.2) is 0 Å². The highest BCUT2D eigenvalue weighted by molar-refractivity contribution is 5.20. The monoisotopic (exact) mass is 387 g/mol. The Morgan fingerprint density at radius 3 is 1.46 bits per heavy atom. The molecule has 0 radical (unpaired) electrons. The van der Waals surface area contributed by atoms with Crippen molar-refractivity contribution in [3.05, 3.63) is 35.9 Å². The maximum Gasteiger partial charge on any atom is 0.0346 e. The van der Waals surface area contributed by atoms with Crippen LogP contribution < -0.4 is 5.73 Å². The molecule has 1 heteroatoms. The highest BCUT2D eigenvalue weighted by Gasteiger charge is 2.26. The summed E-state index contributed by atoms with van der Waals surface area (Å²) < 4.78 is 0. The van der Waals surface area contributed by atoms with Gasteiger partial charge in [0.25, 0.3) is 0 Å². The molecule has 0 aliphatic rings. The predicted octanol–water partition coefficient (Wildman–Crippen LogP) is 8.97. The summed E-state index contributed by atoms with van der Waals surface area (Å²) in [5, 5.41) is 0. The van der Waals surface area contributed by atoms with Crippen molar-refractivity contribution in [2.24, 2.45) is 11.1 Å². The molecule has 1 atom stereocenters. The largest absolute Gasteiger partial charge is 0.324 e. The first-order chi connectivity index (χ1) is 13.6. The van der Waals surface area contributed by atoms with E-state index in [-0.39, 0.29) is 11.5 Å². The Morgan fingerprint density at radius 1 is 0.643 bits per heavy atom. The summed E-state index contributed by atoms with van der Waals surface area (Å²) in [6, 6.07) is 10.7. The van der Waals surface area contributed by atoms with Gasteiger partial charge in [0, 0.05) is 6.04 Å². The van der Waals surface area contributed by atoms with Crippen LogP contribution in [0.15, 0.2) is 30.3 Å². The lowest BCUT2D eigenvalue weighted by Crippen LogP contribution is -2.29. The number of unbranched alkanes of at least 4 members (excludes halogenated alkanes) is 14. The van der Waals surface area contributed by atoms with Gasteiger partial charge < -0.3 is 5.73 Å². The molecule has 0 aliphatic heterocycles. The quantitative estimate of drug-likeness (QED) is 0.250. The summed E-state index contributed by atoms with van der Waals surface area (Å²) >= 11 is 0. The summed E-state index contributed by atoms with van der Waals surface area (Å²) in [5.74, 6) is 0. The van der Waals surface area contributed by atoms with E-state index in [9.17, 15) is 0 Å². The Labute approximate surface area is 176 Å². The highest BCUT2D eigenvalue weighted by Crippen LogP contribution is 2.36. The molecule has 2 N–H and O–H groups in total. The number of rotatable bonds is 18. The van der Waals surface area contributed by atoms with Crippen molar-refractivity contribution in [2.45, 2.75) is 130 Å². The zero-order valence-electron chi connectivity index (χ0n) is 19.4. The van der Waals surface area contributed by atoms with E-state index >= 15 is 0 Å². The van der Waals surface area contributed by atoms with Crippen LogP contribution in [-0.2, 0) is 0 Å². The normalized spacial score (nSPS) is 13.0. The first-order valence-electron chi connectivity index (χ1n) is 12.4. The Balaban J connectivity index is 1.92. The minimum absolute atomic E-state index is 0.139. The van der Waals surface area contributed by atoms with Gasteiger partial charge in [-0.05, 0) is 17.4 Å². The zero-order chi connectivity index (χ0) is 20.5. The van der Waals surface area contributed by atoms with Crippen LogP contribution >= 0.6 is 0 Å². The van der Waals surface area contributed by atoms with Gasteiger partial charge in [0.05, 0.1) is 0 Å². The summed E-state index contributed by atoms with van der Waals surface area (Å²) in [6.45, 7) is 6.95. The molecule has 162 valence electrons. The molecule has 0 aromatic heterocycles. The van der Waals surface area contributed by atoms with Crippen LogP contribution in [-0.4, -0.2) is 0 Å². The van der Waals surface area contributed by atoms with Crippen molar-refractivity contribution in [3.8, 4) is 0 Å². The van der Waals surface area contributed by atoms with E-state index in [2.05, 4.69) is 51.1 Å². The SMILES string of the molecule is CCCCCCCCCCCCCCCCCC(C)(C)C(N)c1ccccc1. The molecule has 0 amide bonds. The molecule has 1 rings (SSSR count). The number of hydrogen-bond donors (Lipinski definition) is 1. The molecule has 1 aromatic rings. The van der Waals surface area contributed by atoms with Crippen LogP contribution in [0.5, 0.6) is 0 Å². The van der Waals surface area contributed by atoms with E-state index in [0.29, 0.717) is 0 Å². The van der Waals surface area contributed by atoms with Crippen LogP contribution in [0.4, 0.5) is 0 Å². The Bertz CT molecular complexity index is 451. The fraction of sp³-hybridized carbons (Fsp3) is 0.778. The van der Waals surface area contributed by atoms with Crippen LogP contribution in [0, 0.1) is 5.41 Å². The van der Waals surface area contributed by atoms with Gasteiger partial charge in [-0.15, -0.1) is 0 Å². The predicted molar refractivity (Wildman–Crippen MR) is 127 cm³/mol. The average Bonchev–Trinajstić information content (AvgIpc) is 2.71. The van der Waals surface area contributed by atoms with Crippen molar-refractivity contribution >= 4 is 0 Å². The minimum atomic E-state index is 0.139. The second kappa shape index (κ2) is 16.0. The molecule has 0 fully saturated rings. The van der Waals surface area contributed by atoms with Gasteiger partial charge in [-0.1, -0.05) is 147 Å². The van der Waals surface area contributed by atoms with E-state index in [1.807, 2.05) is 0 Å². The first kappa shape index (κ1) is 25.2. The minimum Gasteiger partial charge on any atom is -0.324 e. The molecule has 0 bridgehead atoms. The fourth-order valence-corrected chi connectivity index (χ4v) is 4.22. The number of benzene rings is 1.